The lowest BCUT2D eigenvalue weighted by Crippen LogP contribution is -2.32. The predicted octanol–water partition coefficient (Wildman–Crippen LogP) is 1.92. The standard InChI is InChI=1S/C12H20N2OS2/c1-15-8-7-14(6-3-12(13)16)5-2-11-4-9-17-10-11/h4,9-10H,2-3,5-8H2,1H3,(H2,13,16). The highest BCUT2D eigenvalue weighted by atomic mass is 32.1. The van der Waals surface area contributed by atoms with Crippen LogP contribution in [0, 0.1) is 0 Å². The molecule has 0 aliphatic carbocycles. The van der Waals surface area contributed by atoms with Crippen molar-refractivity contribution in [3.05, 3.63) is 22.4 Å². The zero-order valence-electron chi connectivity index (χ0n) is 10.2. The summed E-state index contributed by atoms with van der Waals surface area (Å²) in [7, 11) is 1.73. The molecule has 0 aliphatic rings. The van der Waals surface area contributed by atoms with Crippen molar-refractivity contribution in [2.24, 2.45) is 5.73 Å². The summed E-state index contributed by atoms with van der Waals surface area (Å²) >= 11 is 6.66. The second-order valence-electron chi connectivity index (χ2n) is 3.93. The van der Waals surface area contributed by atoms with Crippen LogP contribution in [0.3, 0.4) is 0 Å². The molecule has 1 aromatic rings. The Kier molecular flexibility index (Phi) is 7.35. The van der Waals surface area contributed by atoms with Crippen molar-refractivity contribution in [2.45, 2.75) is 12.8 Å². The fourth-order valence-corrected chi connectivity index (χ4v) is 2.34. The van der Waals surface area contributed by atoms with Gasteiger partial charge in [0.05, 0.1) is 11.6 Å². The maximum Gasteiger partial charge on any atom is 0.0740 e. The monoisotopic (exact) mass is 272 g/mol. The first-order chi connectivity index (χ1) is 8.22. The van der Waals surface area contributed by atoms with Crippen LogP contribution in [0.25, 0.3) is 0 Å². The van der Waals surface area contributed by atoms with E-state index in [-0.39, 0.29) is 0 Å². The third-order valence-electron chi connectivity index (χ3n) is 2.58. The van der Waals surface area contributed by atoms with Gasteiger partial charge in [0.15, 0.2) is 0 Å². The van der Waals surface area contributed by atoms with Crippen LogP contribution in [0.15, 0.2) is 16.8 Å². The van der Waals surface area contributed by atoms with Crippen molar-refractivity contribution in [2.75, 3.05) is 33.4 Å². The number of ether oxygens (including phenoxy) is 1. The molecule has 2 N–H and O–H groups in total. The maximum atomic E-state index is 5.54. The predicted molar refractivity (Wildman–Crippen MR) is 77.7 cm³/mol. The molecular weight excluding hydrogens is 252 g/mol. The van der Waals surface area contributed by atoms with Gasteiger partial charge in [-0.1, -0.05) is 12.2 Å². The van der Waals surface area contributed by atoms with Gasteiger partial charge in [0.2, 0.25) is 0 Å². The summed E-state index contributed by atoms with van der Waals surface area (Å²) in [4.78, 5) is 2.93. The summed E-state index contributed by atoms with van der Waals surface area (Å²) in [5.74, 6) is 0. The molecule has 5 heteroatoms. The highest BCUT2D eigenvalue weighted by molar-refractivity contribution is 7.80. The summed E-state index contributed by atoms with van der Waals surface area (Å²) in [6, 6.07) is 2.17. The Bertz CT molecular complexity index is 314. The molecule has 17 heavy (non-hydrogen) atoms. The first-order valence-corrected chi connectivity index (χ1v) is 7.08. The van der Waals surface area contributed by atoms with Crippen molar-refractivity contribution in [1.82, 2.24) is 4.90 Å². The van der Waals surface area contributed by atoms with Crippen molar-refractivity contribution in [3.63, 3.8) is 0 Å². The van der Waals surface area contributed by atoms with Gasteiger partial charge in [0.25, 0.3) is 0 Å². The number of nitrogens with zero attached hydrogens (tertiary/aromatic N) is 1. The fraction of sp³-hybridized carbons (Fsp3) is 0.583. The molecule has 0 amide bonds. The molecule has 3 nitrogen and oxygen atoms in total. The lowest BCUT2D eigenvalue weighted by atomic mass is 10.2. The van der Waals surface area contributed by atoms with Gasteiger partial charge in [-0.2, -0.15) is 11.3 Å². The van der Waals surface area contributed by atoms with Crippen LogP contribution in [-0.4, -0.2) is 43.2 Å². The van der Waals surface area contributed by atoms with Gasteiger partial charge in [0, 0.05) is 33.2 Å². The molecule has 0 aliphatic heterocycles. The minimum absolute atomic E-state index is 0.586. The summed E-state index contributed by atoms with van der Waals surface area (Å²) in [5.41, 5.74) is 6.93. The second kappa shape index (κ2) is 8.58. The summed E-state index contributed by atoms with van der Waals surface area (Å²) in [6.45, 7) is 3.63. The molecule has 1 heterocycles. The van der Waals surface area contributed by atoms with Gasteiger partial charge in [-0.05, 0) is 28.8 Å². The van der Waals surface area contributed by atoms with Gasteiger partial charge >= 0.3 is 0 Å². The van der Waals surface area contributed by atoms with E-state index >= 15 is 0 Å². The van der Waals surface area contributed by atoms with Crippen LogP contribution in [0.4, 0.5) is 0 Å². The largest absolute Gasteiger partial charge is 0.393 e. The van der Waals surface area contributed by atoms with Crippen molar-refractivity contribution < 1.29 is 4.74 Å². The topological polar surface area (TPSA) is 38.5 Å². The molecule has 0 aromatic carbocycles. The zero-order valence-corrected chi connectivity index (χ0v) is 11.9. The number of rotatable bonds is 9. The van der Waals surface area contributed by atoms with Gasteiger partial charge in [0.1, 0.15) is 0 Å². The Balaban J connectivity index is 2.31. The third kappa shape index (κ3) is 6.73. The zero-order chi connectivity index (χ0) is 12.5. The normalized spacial score (nSPS) is 10.9. The Hall–Kier alpha value is -0.490. The first-order valence-electron chi connectivity index (χ1n) is 5.73. The van der Waals surface area contributed by atoms with Gasteiger partial charge in [-0.15, -0.1) is 0 Å². The number of thiophene rings is 1. The molecule has 0 radical (unpaired) electrons. The lowest BCUT2D eigenvalue weighted by molar-refractivity contribution is 0.150. The SMILES string of the molecule is COCCN(CCC(N)=S)CCc1ccsc1. The Labute approximate surface area is 113 Å². The molecule has 0 unspecified atom stereocenters. The van der Waals surface area contributed by atoms with E-state index in [1.54, 1.807) is 18.4 Å². The van der Waals surface area contributed by atoms with Crippen LogP contribution in [0.5, 0.6) is 0 Å². The van der Waals surface area contributed by atoms with Crippen LogP contribution in [-0.2, 0) is 11.2 Å². The van der Waals surface area contributed by atoms with Gasteiger partial charge in [-0.3, -0.25) is 0 Å². The molecule has 0 saturated heterocycles. The Morgan fingerprint density at radius 3 is 2.88 bits per heavy atom. The second-order valence-corrected chi connectivity index (χ2v) is 5.24. The van der Waals surface area contributed by atoms with E-state index in [0.717, 1.165) is 39.1 Å². The number of hydrogen-bond acceptors (Lipinski definition) is 4. The molecular formula is C12H20N2OS2. The molecule has 0 bridgehead atoms. The quantitative estimate of drug-likeness (QED) is 0.697. The highest BCUT2D eigenvalue weighted by Crippen LogP contribution is 2.07. The molecule has 1 aromatic heterocycles. The van der Waals surface area contributed by atoms with Crippen molar-refractivity contribution >= 4 is 28.5 Å². The average Bonchev–Trinajstić information content (AvgIpc) is 2.80. The highest BCUT2D eigenvalue weighted by Gasteiger charge is 2.05. The van der Waals surface area contributed by atoms with Crippen LogP contribution in [0.2, 0.25) is 0 Å². The Morgan fingerprint density at radius 2 is 2.29 bits per heavy atom. The summed E-state index contributed by atoms with van der Waals surface area (Å²) in [5, 5.41) is 4.31. The number of thiocarbonyl (C=S) groups is 1. The van der Waals surface area contributed by atoms with Crippen LogP contribution < -0.4 is 5.73 Å². The smallest absolute Gasteiger partial charge is 0.0740 e. The number of nitrogens with two attached hydrogens (primary N) is 1. The number of methoxy groups -OCH3 is 1. The van der Waals surface area contributed by atoms with E-state index in [2.05, 4.69) is 21.7 Å². The minimum atomic E-state index is 0.586. The van der Waals surface area contributed by atoms with E-state index in [4.69, 9.17) is 22.7 Å². The molecule has 0 atom stereocenters. The van der Waals surface area contributed by atoms with E-state index in [9.17, 15) is 0 Å². The molecule has 96 valence electrons. The molecule has 0 spiro atoms. The lowest BCUT2D eigenvalue weighted by Gasteiger charge is -2.21. The van der Waals surface area contributed by atoms with Gasteiger partial charge < -0.3 is 15.4 Å². The molecule has 0 fully saturated rings. The molecule has 1 rings (SSSR count). The van der Waals surface area contributed by atoms with Gasteiger partial charge in [-0.25, -0.2) is 0 Å². The third-order valence-corrected chi connectivity index (χ3v) is 3.52. The van der Waals surface area contributed by atoms with Crippen LogP contribution >= 0.6 is 23.6 Å². The van der Waals surface area contributed by atoms with Crippen molar-refractivity contribution in [1.29, 1.82) is 0 Å². The van der Waals surface area contributed by atoms with E-state index in [1.165, 1.54) is 5.56 Å². The molecule has 0 saturated carbocycles. The average molecular weight is 272 g/mol. The van der Waals surface area contributed by atoms with E-state index in [0.29, 0.717) is 4.99 Å². The summed E-state index contributed by atoms with van der Waals surface area (Å²) in [6.07, 6.45) is 1.85. The van der Waals surface area contributed by atoms with Crippen molar-refractivity contribution in [3.8, 4) is 0 Å². The van der Waals surface area contributed by atoms with E-state index < -0.39 is 0 Å². The minimum Gasteiger partial charge on any atom is -0.393 e. The maximum absolute atomic E-state index is 5.54. The fourth-order valence-electron chi connectivity index (χ4n) is 1.55. The van der Waals surface area contributed by atoms with Crippen LogP contribution in [0.1, 0.15) is 12.0 Å². The summed E-state index contributed by atoms with van der Waals surface area (Å²) < 4.78 is 5.11. The Morgan fingerprint density at radius 1 is 1.47 bits per heavy atom. The number of hydrogen-bond donors (Lipinski definition) is 1. The first kappa shape index (κ1) is 14.6. The van der Waals surface area contributed by atoms with E-state index in [1.807, 2.05) is 0 Å².